The van der Waals surface area contributed by atoms with Crippen molar-refractivity contribution in [1.29, 1.82) is 0 Å². The Balaban J connectivity index is 2.29. The summed E-state index contributed by atoms with van der Waals surface area (Å²) in [6, 6.07) is 7.15. The van der Waals surface area contributed by atoms with E-state index in [9.17, 15) is 0 Å². The van der Waals surface area contributed by atoms with E-state index in [4.69, 9.17) is 0 Å². The van der Waals surface area contributed by atoms with Crippen LogP contribution in [0.3, 0.4) is 0 Å². The van der Waals surface area contributed by atoms with Crippen molar-refractivity contribution < 1.29 is 0 Å². The molecule has 1 aromatic rings. The van der Waals surface area contributed by atoms with Crippen LogP contribution in [-0.4, -0.2) is 29.1 Å². The third-order valence-electron chi connectivity index (χ3n) is 3.86. The van der Waals surface area contributed by atoms with E-state index in [0.29, 0.717) is 11.3 Å². The van der Waals surface area contributed by atoms with Crippen LogP contribution >= 0.6 is 23.5 Å². The molecule has 0 spiro atoms. The highest BCUT2D eigenvalue weighted by atomic mass is 32.2. The summed E-state index contributed by atoms with van der Waals surface area (Å²) >= 11 is 4.24. The molecule has 0 aliphatic carbocycles. The third kappa shape index (κ3) is 2.89. The van der Waals surface area contributed by atoms with E-state index in [1.54, 1.807) is 0 Å². The number of nitrogens with one attached hydrogen (secondary N) is 1. The summed E-state index contributed by atoms with van der Waals surface area (Å²) in [5.41, 5.74) is 4.32. The molecule has 1 aliphatic heterocycles. The largest absolute Gasteiger partial charge is 0.312 e. The van der Waals surface area contributed by atoms with Crippen LogP contribution in [0.4, 0.5) is 0 Å². The normalized spacial score (nSPS) is 26.0. The molecule has 0 bridgehead atoms. The molecular formula is C15H23NS2. The van der Waals surface area contributed by atoms with E-state index in [1.807, 2.05) is 0 Å². The summed E-state index contributed by atoms with van der Waals surface area (Å²) in [7, 11) is 2.10. The van der Waals surface area contributed by atoms with Gasteiger partial charge in [0.15, 0.2) is 0 Å². The third-order valence-corrected chi connectivity index (χ3v) is 7.05. The van der Waals surface area contributed by atoms with Gasteiger partial charge in [-0.05, 0) is 37.6 Å². The molecule has 0 radical (unpaired) electrons. The predicted molar refractivity (Wildman–Crippen MR) is 85.9 cm³/mol. The summed E-state index contributed by atoms with van der Waals surface area (Å²) in [6.07, 6.45) is 0. The van der Waals surface area contributed by atoms with Crippen LogP contribution in [0.2, 0.25) is 0 Å². The average Bonchev–Trinajstić information content (AvgIpc) is 2.37. The fraction of sp³-hybridized carbons (Fsp3) is 0.600. The van der Waals surface area contributed by atoms with Gasteiger partial charge in [0.25, 0.3) is 0 Å². The summed E-state index contributed by atoms with van der Waals surface area (Å²) < 4.78 is 0. The zero-order chi connectivity index (χ0) is 13.1. The molecule has 100 valence electrons. The molecule has 3 heteroatoms. The highest BCUT2D eigenvalue weighted by Gasteiger charge is 2.31. The van der Waals surface area contributed by atoms with Crippen LogP contribution in [0.15, 0.2) is 18.2 Å². The summed E-state index contributed by atoms with van der Waals surface area (Å²) in [5.74, 6) is 2.58. The molecular weight excluding hydrogens is 258 g/mol. The fourth-order valence-electron chi connectivity index (χ4n) is 2.62. The van der Waals surface area contributed by atoms with Gasteiger partial charge in [0, 0.05) is 28.0 Å². The molecule has 1 nitrogen and oxygen atoms in total. The van der Waals surface area contributed by atoms with Crippen molar-refractivity contribution in [3.05, 3.63) is 34.9 Å². The number of rotatable bonds is 3. The minimum absolute atomic E-state index is 0.470. The first kappa shape index (κ1) is 14.3. The SMILES string of the molecule is CNC(c1cccc(C)c1C)C1SCCSC1C. The average molecular weight is 281 g/mol. The maximum atomic E-state index is 3.55. The highest BCUT2D eigenvalue weighted by Crippen LogP contribution is 2.39. The maximum Gasteiger partial charge on any atom is 0.0451 e. The second-order valence-electron chi connectivity index (χ2n) is 4.97. The molecule has 18 heavy (non-hydrogen) atoms. The Morgan fingerprint density at radius 3 is 2.61 bits per heavy atom. The van der Waals surface area contributed by atoms with Gasteiger partial charge in [-0.25, -0.2) is 0 Å². The fourth-order valence-corrected chi connectivity index (χ4v) is 5.60. The highest BCUT2D eigenvalue weighted by molar-refractivity contribution is 8.07. The molecule has 1 aliphatic rings. The lowest BCUT2D eigenvalue weighted by atomic mass is 9.94. The Labute approximate surface area is 120 Å². The van der Waals surface area contributed by atoms with E-state index >= 15 is 0 Å². The Morgan fingerprint density at radius 1 is 1.22 bits per heavy atom. The zero-order valence-electron chi connectivity index (χ0n) is 11.7. The van der Waals surface area contributed by atoms with E-state index < -0.39 is 0 Å². The predicted octanol–water partition coefficient (Wildman–Crippen LogP) is 3.80. The molecule has 3 unspecified atom stereocenters. The van der Waals surface area contributed by atoms with Gasteiger partial charge in [0.05, 0.1) is 0 Å². The molecule has 1 N–H and O–H groups in total. The molecule has 2 rings (SSSR count). The van der Waals surface area contributed by atoms with Gasteiger partial charge in [0.1, 0.15) is 0 Å². The quantitative estimate of drug-likeness (QED) is 0.905. The van der Waals surface area contributed by atoms with Crippen LogP contribution in [-0.2, 0) is 0 Å². The van der Waals surface area contributed by atoms with E-state index in [-0.39, 0.29) is 0 Å². The van der Waals surface area contributed by atoms with E-state index in [2.05, 4.69) is 74.9 Å². The molecule has 1 saturated heterocycles. The first-order chi connectivity index (χ1) is 8.65. The van der Waals surface area contributed by atoms with Crippen molar-refractivity contribution in [2.45, 2.75) is 37.3 Å². The van der Waals surface area contributed by atoms with Crippen molar-refractivity contribution in [2.24, 2.45) is 0 Å². The molecule has 0 saturated carbocycles. The number of benzene rings is 1. The Bertz CT molecular complexity index is 405. The Kier molecular flexibility index (Phi) is 5.05. The first-order valence-electron chi connectivity index (χ1n) is 6.61. The van der Waals surface area contributed by atoms with Crippen LogP contribution < -0.4 is 5.32 Å². The molecule has 0 aromatic heterocycles. The van der Waals surface area contributed by atoms with Gasteiger partial charge in [-0.3, -0.25) is 0 Å². The lowest BCUT2D eigenvalue weighted by Gasteiger charge is -2.35. The second kappa shape index (κ2) is 6.36. The molecule has 1 fully saturated rings. The lowest BCUT2D eigenvalue weighted by molar-refractivity contribution is 0.557. The second-order valence-corrected chi connectivity index (χ2v) is 7.74. The van der Waals surface area contributed by atoms with Gasteiger partial charge in [0.2, 0.25) is 0 Å². The summed E-state index contributed by atoms with van der Waals surface area (Å²) in [4.78, 5) is 0. The van der Waals surface area contributed by atoms with Gasteiger partial charge in [-0.15, -0.1) is 0 Å². The van der Waals surface area contributed by atoms with Crippen molar-refractivity contribution in [1.82, 2.24) is 5.32 Å². The topological polar surface area (TPSA) is 12.0 Å². The summed E-state index contributed by atoms with van der Waals surface area (Å²) in [5, 5.41) is 4.95. The van der Waals surface area contributed by atoms with Crippen molar-refractivity contribution in [3.8, 4) is 0 Å². The van der Waals surface area contributed by atoms with Crippen molar-refractivity contribution >= 4 is 23.5 Å². The smallest absolute Gasteiger partial charge is 0.0451 e. The van der Waals surface area contributed by atoms with Crippen molar-refractivity contribution in [3.63, 3.8) is 0 Å². The minimum Gasteiger partial charge on any atom is -0.312 e. The summed E-state index contributed by atoms with van der Waals surface area (Å²) in [6.45, 7) is 6.83. The van der Waals surface area contributed by atoms with Gasteiger partial charge < -0.3 is 5.32 Å². The number of hydrogen-bond acceptors (Lipinski definition) is 3. The van der Waals surface area contributed by atoms with Gasteiger partial charge >= 0.3 is 0 Å². The standard InChI is InChI=1S/C15H23NS2/c1-10-6-5-7-13(11(10)2)14(16-4)15-12(3)17-8-9-18-15/h5-7,12,14-16H,8-9H2,1-4H3. The maximum absolute atomic E-state index is 3.55. The monoisotopic (exact) mass is 281 g/mol. The first-order valence-corrected chi connectivity index (χ1v) is 8.71. The van der Waals surface area contributed by atoms with Crippen LogP contribution in [0.1, 0.15) is 29.7 Å². The minimum atomic E-state index is 0.470. The Hall–Kier alpha value is -0.120. The van der Waals surface area contributed by atoms with Gasteiger partial charge in [-0.2, -0.15) is 23.5 Å². The molecule has 0 amide bonds. The Morgan fingerprint density at radius 2 is 1.94 bits per heavy atom. The molecule has 3 atom stereocenters. The van der Waals surface area contributed by atoms with E-state index in [0.717, 1.165) is 5.25 Å². The lowest BCUT2D eigenvalue weighted by Crippen LogP contribution is -2.36. The number of thioether (sulfide) groups is 2. The van der Waals surface area contributed by atoms with Crippen LogP contribution in [0.25, 0.3) is 0 Å². The van der Waals surface area contributed by atoms with E-state index in [1.165, 1.54) is 28.2 Å². The van der Waals surface area contributed by atoms with Crippen LogP contribution in [0.5, 0.6) is 0 Å². The zero-order valence-corrected chi connectivity index (χ0v) is 13.3. The van der Waals surface area contributed by atoms with Gasteiger partial charge in [-0.1, -0.05) is 25.1 Å². The number of hydrogen-bond donors (Lipinski definition) is 1. The van der Waals surface area contributed by atoms with Crippen LogP contribution in [0, 0.1) is 13.8 Å². The molecule has 1 heterocycles. The molecule has 1 aromatic carbocycles. The number of aryl methyl sites for hydroxylation is 1. The van der Waals surface area contributed by atoms with Crippen molar-refractivity contribution in [2.75, 3.05) is 18.6 Å².